The zero-order chi connectivity index (χ0) is 16.3. The second-order valence-corrected chi connectivity index (χ2v) is 4.79. The lowest BCUT2D eigenvalue weighted by atomic mass is 10.1. The first kappa shape index (κ1) is 16.0. The number of nitrogens with two attached hydrogens (primary N) is 1. The third kappa shape index (κ3) is 3.45. The van der Waals surface area contributed by atoms with E-state index < -0.39 is 17.8 Å². The Balaban J connectivity index is 2.34. The Morgan fingerprint density at radius 3 is 2.77 bits per heavy atom. The normalized spacial score (nSPS) is 13.0. The topological polar surface area (TPSA) is 72.9 Å². The van der Waals surface area contributed by atoms with E-state index in [0.717, 1.165) is 16.9 Å². The molecule has 0 unspecified atom stereocenters. The number of benzene rings is 1. The summed E-state index contributed by atoms with van der Waals surface area (Å²) in [4.78, 5) is 12.0. The number of nitrogens with one attached hydrogen (secondary N) is 1. The molecule has 1 aromatic carbocycles. The fourth-order valence-corrected chi connectivity index (χ4v) is 1.87. The predicted molar refractivity (Wildman–Crippen MR) is 74.5 cm³/mol. The van der Waals surface area contributed by atoms with Gasteiger partial charge in [0.2, 0.25) is 0 Å². The van der Waals surface area contributed by atoms with Crippen molar-refractivity contribution in [3.63, 3.8) is 0 Å². The summed E-state index contributed by atoms with van der Waals surface area (Å²) < 4.78 is 39.4. The maximum atomic E-state index is 12.9. The van der Waals surface area contributed by atoms with E-state index in [9.17, 15) is 18.0 Å². The van der Waals surface area contributed by atoms with Gasteiger partial charge in [-0.2, -0.15) is 18.3 Å². The van der Waals surface area contributed by atoms with E-state index in [4.69, 9.17) is 5.73 Å². The molecule has 0 radical (unpaired) electrons. The van der Waals surface area contributed by atoms with Crippen LogP contribution in [0.4, 0.5) is 13.2 Å². The van der Waals surface area contributed by atoms with Crippen molar-refractivity contribution < 1.29 is 18.0 Å². The average Bonchev–Trinajstić information content (AvgIpc) is 2.96. The van der Waals surface area contributed by atoms with Crippen LogP contribution in [0.5, 0.6) is 0 Å². The van der Waals surface area contributed by atoms with Gasteiger partial charge in [0.05, 0.1) is 11.9 Å². The Morgan fingerprint density at radius 2 is 2.14 bits per heavy atom. The van der Waals surface area contributed by atoms with Gasteiger partial charge in [-0.25, -0.2) is 4.68 Å². The third-order valence-corrected chi connectivity index (χ3v) is 3.02. The molecule has 2 aromatic rings. The molecule has 0 saturated carbocycles. The molecule has 1 atom stereocenters. The largest absolute Gasteiger partial charge is 0.433 e. The molecule has 0 saturated heterocycles. The van der Waals surface area contributed by atoms with Gasteiger partial charge in [0, 0.05) is 18.2 Å². The van der Waals surface area contributed by atoms with Gasteiger partial charge in [-0.05, 0) is 31.2 Å². The average molecular weight is 312 g/mol. The number of rotatable bonds is 4. The minimum Gasteiger partial charge on any atom is -0.348 e. The maximum absolute atomic E-state index is 12.9. The molecular weight excluding hydrogens is 297 g/mol. The molecule has 1 aromatic heterocycles. The van der Waals surface area contributed by atoms with Gasteiger partial charge in [-0.1, -0.05) is 6.07 Å². The van der Waals surface area contributed by atoms with Crippen LogP contribution in [0.25, 0.3) is 5.69 Å². The number of carbonyl (C=O) groups is 1. The van der Waals surface area contributed by atoms with Gasteiger partial charge in [0.1, 0.15) is 5.69 Å². The third-order valence-electron chi connectivity index (χ3n) is 3.02. The van der Waals surface area contributed by atoms with Crippen molar-refractivity contribution in [1.82, 2.24) is 15.1 Å². The van der Waals surface area contributed by atoms with Gasteiger partial charge >= 0.3 is 6.18 Å². The van der Waals surface area contributed by atoms with E-state index in [0.29, 0.717) is 0 Å². The first-order valence-electron chi connectivity index (χ1n) is 6.55. The Bertz CT molecular complexity index is 666. The second-order valence-electron chi connectivity index (χ2n) is 4.79. The summed E-state index contributed by atoms with van der Waals surface area (Å²) in [6.07, 6.45) is -3.46. The van der Waals surface area contributed by atoms with E-state index in [-0.39, 0.29) is 23.8 Å². The van der Waals surface area contributed by atoms with Gasteiger partial charge < -0.3 is 11.1 Å². The minimum atomic E-state index is -4.52. The fraction of sp³-hybridized carbons (Fsp3) is 0.286. The van der Waals surface area contributed by atoms with E-state index in [1.165, 1.54) is 24.3 Å². The monoisotopic (exact) mass is 312 g/mol. The smallest absolute Gasteiger partial charge is 0.348 e. The van der Waals surface area contributed by atoms with E-state index in [1.54, 1.807) is 6.92 Å². The number of halogens is 3. The predicted octanol–water partition coefficient (Wildman–Crippen LogP) is 1.97. The lowest BCUT2D eigenvalue weighted by Gasteiger charge is -2.13. The van der Waals surface area contributed by atoms with Gasteiger partial charge in [0.15, 0.2) is 0 Å². The van der Waals surface area contributed by atoms with Crippen molar-refractivity contribution in [2.24, 2.45) is 5.73 Å². The molecule has 0 spiro atoms. The van der Waals surface area contributed by atoms with Crippen molar-refractivity contribution in [1.29, 1.82) is 0 Å². The summed E-state index contributed by atoms with van der Waals surface area (Å²) in [6.45, 7) is 2.00. The van der Waals surface area contributed by atoms with Crippen LogP contribution >= 0.6 is 0 Å². The van der Waals surface area contributed by atoms with Crippen LogP contribution in [-0.2, 0) is 6.18 Å². The standard InChI is InChI=1S/C14H15F3N4O/c1-9(8-18)20-13(22)10-3-2-4-11(7-10)21-12(5-6-19-21)14(15,16)17/h2-7,9H,8,18H2,1H3,(H,20,22)/t9-/m0/s1. The lowest BCUT2D eigenvalue weighted by Crippen LogP contribution is -2.37. The molecule has 1 amide bonds. The van der Waals surface area contributed by atoms with Crippen molar-refractivity contribution >= 4 is 5.91 Å². The summed E-state index contributed by atoms with van der Waals surface area (Å²) >= 11 is 0. The van der Waals surface area contributed by atoms with E-state index >= 15 is 0 Å². The number of nitrogens with zero attached hydrogens (tertiary/aromatic N) is 2. The van der Waals surface area contributed by atoms with Gasteiger partial charge in [-0.3, -0.25) is 4.79 Å². The van der Waals surface area contributed by atoms with Crippen LogP contribution in [-0.4, -0.2) is 28.3 Å². The number of carbonyl (C=O) groups excluding carboxylic acids is 1. The molecule has 8 heteroatoms. The summed E-state index contributed by atoms with van der Waals surface area (Å²) in [5.41, 5.74) is 4.91. The van der Waals surface area contributed by atoms with Crippen LogP contribution in [0.2, 0.25) is 0 Å². The van der Waals surface area contributed by atoms with Gasteiger partial charge in [-0.15, -0.1) is 0 Å². The lowest BCUT2D eigenvalue weighted by molar-refractivity contribution is -0.142. The number of hydrogen-bond donors (Lipinski definition) is 2. The Kier molecular flexibility index (Phi) is 4.51. The first-order valence-corrected chi connectivity index (χ1v) is 6.55. The molecule has 3 N–H and O–H groups in total. The van der Waals surface area contributed by atoms with Crippen molar-refractivity contribution in [3.8, 4) is 5.69 Å². The number of amides is 1. The second kappa shape index (κ2) is 6.18. The molecule has 0 aliphatic heterocycles. The molecule has 118 valence electrons. The molecule has 5 nitrogen and oxygen atoms in total. The molecule has 0 aliphatic carbocycles. The SMILES string of the molecule is C[C@@H](CN)NC(=O)c1cccc(-n2nccc2C(F)(F)F)c1. The highest BCUT2D eigenvalue weighted by Crippen LogP contribution is 2.30. The molecule has 2 rings (SSSR count). The summed E-state index contributed by atoms with van der Waals surface area (Å²) in [5.74, 6) is -0.402. The zero-order valence-corrected chi connectivity index (χ0v) is 11.8. The van der Waals surface area contributed by atoms with E-state index in [1.807, 2.05) is 0 Å². The van der Waals surface area contributed by atoms with Crippen LogP contribution in [0.1, 0.15) is 23.0 Å². The quantitative estimate of drug-likeness (QED) is 0.906. The van der Waals surface area contributed by atoms with Crippen LogP contribution in [0.3, 0.4) is 0 Å². The summed E-state index contributed by atoms with van der Waals surface area (Å²) in [6, 6.07) is 6.46. The highest BCUT2D eigenvalue weighted by molar-refractivity contribution is 5.94. The summed E-state index contributed by atoms with van der Waals surface area (Å²) in [7, 11) is 0. The highest BCUT2D eigenvalue weighted by Gasteiger charge is 2.35. The number of aromatic nitrogens is 2. The minimum absolute atomic E-state index is 0.158. The molecule has 22 heavy (non-hydrogen) atoms. The zero-order valence-electron chi connectivity index (χ0n) is 11.8. The highest BCUT2D eigenvalue weighted by atomic mass is 19.4. The molecule has 0 bridgehead atoms. The van der Waals surface area contributed by atoms with Gasteiger partial charge in [0.25, 0.3) is 5.91 Å². The number of hydrogen-bond acceptors (Lipinski definition) is 3. The Morgan fingerprint density at radius 1 is 1.41 bits per heavy atom. The first-order chi connectivity index (χ1) is 10.3. The van der Waals surface area contributed by atoms with Crippen molar-refractivity contribution in [3.05, 3.63) is 47.8 Å². The summed E-state index contributed by atoms with van der Waals surface area (Å²) in [5, 5.41) is 6.32. The molecule has 1 heterocycles. The Hall–Kier alpha value is -2.35. The maximum Gasteiger partial charge on any atom is 0.433 e. The number of alkyl halides is 3. The van der Waals surface area contributed by atoms with Crippen LogP contribution < -0.4 is 11.1 Å². The fourth-order valence-electron chi connectivity index (χ4n) is 1.87. The van der Waals surface area contributed by atoms with Crippen molar-refractivity contribution in [2.45, 2.75) is 19.1 Å². The molecule has 0 fully saturated rings. The molecule has 0 aliphatic rings. The van der Waals surface area contributed by atoms with Crippen molar-refractivity contribution in [2.75, 3.05) is 6.54 Å². The van der Waals surface area contributed by atoms with E-state index in [2.05, 4.69) is 10.4 Å². The van der Waals surface area contributed by atoms with Crippen LogP contribution in [0.15, 0.2) is 36.5 Å². The molecular formula is C14H15F3N4O. The Labute approximate surface area is 124 Å². The van der Waals surface area contributed by atoms with Crippen LogP contribution in [0, 0.1) is 0 Å².